The zero-order valence-electron chi connectivity index (χ0n) is 12.1. The van der Waals surface area contributed by atoms with Gasteiger partial charge in [0.2, 0.25) is 0 Å². The summed E-state index contributed by atoms with van der Waals surface area (Å²) in [5, 5.41) is 4.00. The van der Waals surface area contributed by atoms with Crippen molar-refractivity contribution in [1.82, 2.24) is 0 Å². The van der Waals surface area contributed by atoms with Gasteiger partial charge in [-0.2, -0.15) is 0 Å². The van der Waals surface area contributed by atoms with Crippen LogP contribution in [0.5, 0.6) is 0 Å². The Labute approximate surface area is 125 Å². The van der Waals surface area contributed by atoms with Gasteiger partial charge in [0, 0.05) is 0 Å². The van der Waals surface area contributed by atoms with Gasteiger partial charge >= 0.3 is 5.97 Å². The minimum absolute atomic E-state index is 0.188. The van der Waals surface area contributed by atoms with Gasteiger partial charge in [-0.1, -0.05) is 43.5 Å². The molecule has 2 atom stereocenters. The number of rotatable bonds is 3. The molecule has 0 heterocycles. The minimum atomic E-state index is -0.648. The van der Waals surface area contributed by atoms with E-state index < -0.39 is 5.54 Å². The summed E-state index contributed by atoms with van der Waals surface area (Å²) in [5.41, 5.74) is 0.152. The number of anilines is 1. The van der Waals surface area contributed by atoms with E-state index in [2.05, 4.69) is 12.2 Å². The Bertz CT molecular complexity index is 477. The SMILES string of the molecule is COC(=O)C1(Nc2ccccc2Cl)CCCC(C)CC1. The van der Waals surface area contributed by atoms with Crippen LogP contribution in [0.1, 0.15) is 39.0 Å². The van der Waals surface area contributed by atoms with E-state index in [1.807, 2.05) is 24.3 Å². The van der Waals surface area contributed by atoms with Crippen molar-refractivity contribution in [3.05, 3.63) is 29.3 Å². The van der Waals surface area contributed by atoms with Gasteiger partial charge in [-0.25, -0.2) is 4.79 Å². The number of benzene rings is 1. The van der Waals surface area contributed by atoms with Gasteiger partial charge in [0.15, 0.2) is 0 Å². The monoisotopic (exact) mass is 295 g/mol. The highest BCUT2D eigenvalue weighted by atomic mass is 35.5. The number of halogens is 1. The first-order valence-electron chi connectivity index (χ1n) is 7.18. The quantitative estimate of drug-likeness (QED) is 0.669. The molecule has 3 nitrogen and oxygen atoms in total. The standard InChI is InChI=1S/C16H22ClNO2/c1-12-6-5-10-16(11-9-12,15(19)20-2)18-14-8-4-3-7-13(14)17/h3-4,7-8,12,18H,5-6,9-11H2,1-2H3. The third-order valence-electron chi connectivity index (χ3n) is 4.19. The van der Waals surface area contributed by atoms with Gasteiger partial charge in [0.1, 0.15) is 5.54 Å². The topological polar surface area (TPSA) is 38.3 Å². The zero-order chi connectivity index (χ0) is 14.6. The lowest BCUT2D eigenvalue weighted by atomic mass is 9.89. The molecule has 110 valence electrons. The Hall–Kier alpha value is -1.22. The summed E-state index contributed by atoms with van der Waals surface area (Å²) >= 11 is 6.21. The fraction of sp³-hybridized carbons (Fsp3) is 0.562. The maximum absolute atomic E-state index is 12.3. The lowest BCUT2D eigenvalue weighted by Crippen LogP contribution is -2.47. The lowest BCUT2D eigenvalue weighted by molar-refractivity contribution is -0.146. The molecule has 1 fully saturated rings. The number of esters is 1. The van der Waals surface area contributed by atoms with Crippen molar-refractivity contribution in [3.8, 4) is 0 Å². The van der Waals surface area contributed by atoms with E-state index in [9.17, 15) is 4.79 Å². The summed E-state index contributed by atoms with van der Waals surface area (Å²) in [6, 6.07) is 7.53. The van der Waals surface area contributed by atoms with E-state index in [1.165, 1.54) is 7.11 Å². The third-order valence-corrected chi connectivity index (χ3v) is 4.52. The average molecular weight is 296 g/mol. The fourth-order valence-corrected chi connectivity index (χ4v) is 3.09. The summed E-state index contributed by atoms with van der Waals surface area (Å²) in [4.78, 5) is 12.3. The molecule has 0 aromatic heterocycles. The van der Waals surface area contributed by atoms with E-state index >= 15 is 0 Å². The maximum atomic E-state index is 12.3. The van der Waals surface area contributed by atoms with Gasteiger partial charge in [-0.05, 0) is 37.3 Å². The summed E-state index contributed by atoms with van der Waals surface area (Å²) in [6.45, 7) is 2.24. The van der Waals surface area contributed by atoms with Crippen LogP contribution in [0.2, 0.25) is 5.02 Å². The van der Waals surface area contributed by atoms with E-state index in [0.29, 0.717) is 10.9 Å². The molecule has 4 heteroatoms. The number of ether oxygens (including phenoxy) is 1. The molecule has 1 aromatic rings. The first-order valence-corrected chi connectivity index (χ1v) is 7.56. The molecule has 0 aliphatic heterocycles. The number of para-hydroxylation sites is 1. The number of methoxy groups -OCH3 is 1. The molecule has 0 amide bonds. The van der Waals surface area contributed by atoms with Crippen LogP contribution in [-0.4, -0.2) is 18.6 Å². The largest absolute Gasteiger partial charge is 0.467 e. The second kappa shape index (κ2) is 6.49. The number of hydrogen-bond donors (Lipinski definition) is 1. The fourth-order valence-electron chi connectivity index (χ4n) is 2.91. The number of hydrogen-bond acceptors (Lipinski definition) is 3. The predicted molar refractivity (Wildman–Crippen MR) is 82.1 cm³/mol. The summed E-state index contributed by atoms with van der Waals surface area (Å²) in [6.07, 6.45) is 4.77. The Morgan fingerprint density at radius 1 is 1.35 bits per heavy atom. The Balaban J connectivity index is 2.28. The maximum Gasteiger partial charge on any atom is 0.331 e. The highest BCUT2D eigenvalue weighted by Gasteiger charge is 2.40. The molecule has 0 bridgehead atoms. The van der Waals surface area contributed by atoms with E-state index in [1.54, 1.807) is 0 Å². The molecule has 2 rings (SSSR count). The first kappa shape index (κ1) is 15.2. The molecule has 1 aliphatic rings. The Morgan fingerprint density at radius 3 is 2.80 bits per heavy atom. The second-order valence-corrected chi connectivity index (χ2v) is 6.12. The molecular weight excluding hydrogens is 274 g/mol. The molecule has 20 heavy (non-hydrogen) atoms. The molecule has 1 aromatic carbocycles. The number of nitrogens with one attached hydrogen (secondary N) is 1. The highest BCUT2D eigenvalue weighted by Crippen LogP contribution is 2.35. The average Bonchev–Trinajstić information content (AvgIpc) is 2.64. The van der Waals surface area contributed by atoms with Gasteiger partial charge < -0.3 is 10.1 Å². The van der Waals surface area contributed by atoms with Crippen LogP contribution < -0.4 is 5.32 Å². The molecule has 0 saturated heterocycles. The van der Waals surface area contributed by atoms with Crippen molar-refractivity contribution >= 4 is 23.3 Å². The van der Waals surface area contributed by atoms with Crippen LogP contribution in [0.15, 0.2) is 24.3 Å². The normalized spacial score (nSPS) is 26.6. The van der Waals surface area contributed by atoms with Crippen LogP contribution in [0, 0.1) is 5.92 Å². The van der Waals surface area contributed by atoms with Gasteiger partial charge in [-0.15, -0.1) is 0 Å². The lowest BCUT2D eigenvalue weighted by Gasteiger charge is -2.32. The smallest absolute Gasteiger partial charge is 0.331 e. The van der Waals surface area contributed by atoms with Crippen LogP contribution in [-0.2, 0) is 9.53 Å². The van der Waals surface area contributed by atoms with Crippen LogP contribution in [0.3, 0.4) is 0 Å². The second-order valence-electron chi connectivity index (χ2n) is 5.71. The highest BCUT2D eigenvalue weighted by molar-refractivity contribution is 6.33. The molecule has 2 unspecified atom stereocenters. The number of carbonyl (C=O) groups excluding carboxylic acids is 1. The van der Waals surface area contributed by atoms with Crippen molar-refractivity contribution in [3.63, 3.8) is 0 Å². The predicted octanol–water partition coefficient (Wildman–Crippen LogP) is 4.26. The molecule has 1 N–H and O–H groups in total. The Morgan fingerprint density at radius 2 is 2.10 bits per heavy atom. The summed E-state index contributed by atoms with van der Waals surface area (Å²) < 4.78 is 5.05. The van der Waals surface area contributed by atoms with Gasteiger partial charge in [-0.3, -0.25) is 0 Å². The van der Waals surface area contributed by atoms with E-state index in [0.717, 1.165) is 37.8 Å². The number of carbonyl (C=O) groups is 1. The third kappa shape index (κ3) is 3.26. The van der Waals surface area contributed by atoms with Crippen molar-refractivity contribution < 1.29 is 9.53 Å². The molecule has 1 saturated carbocycles. The van der Waals surface area contributed by atoms with Gasteiger partial charge in [0.25, 0.3) is 0 Å². The molecule has 1 aliphatic carbocycles. The van der Waals surface area contributed by atoms with Crippen molar-refractivity contribution in [2.75, 3.05) is 12.4 Å². The van der Waals surface area contributed by atoms with Crippen molar-refractivity contribution in [1.29, 1.82) is 0 Å². The first-order chi connectivity index (χ1) is 9.57. The summed E-state index contributed by atoms with van der Waals surface area (Å²) in [7, 11) is 1.45. The van der Waals surface area contributed by atoms with Crippen LogP contribution >= 0.6 is 11.6 Å². The minimum Gasteiger partial charge on any atom is -0.467 e. The molecule has 0 radical (unpaired) electrons. The van der Waals surface area contributed by atoms with Crippen molar-refractivity contribution in [2.24, 2.45) is 5.92 Å². The zero-order valence-corrected chi connectivity index (χ0v) is 12.9. The molecule has 0 spiro atoms. The van der Waals surface area contributed by atoms with Gasteiger partial charge in [0.05, 0.1) is 17.8 Å². The molecular formula is C16H22ClNO2. The van der Waals surface area contributed by atoms with Crippen LogP contribution in [0.4, 0.5) is 5.69 Å². The van der Waals surface area contributed by atoms with E-state index in [4.69, 9.17) is 16.3 Å². The van der Waals surface area contributed by atoms with Crippen molar-refractivity contribution in [2.45, 2.75) is 44.6 Å². The Kier molecular flexibility index (Phi) is 4.92. The van der Waals surface area contributed by atoms with E-state index in [-0.39, 0.29) is 5.97 Å². The van der Waals surface area contributed by atoms with Crippen LogP contribution in [0.25, 0.3) is 0 Å². The summed E-state index contributed by atoms with van der Waals surface area (Å²) in [5.74, 6) is 0.459.